The summed E-state index contributed by atoms with van der Waals surface area (Å²) in [5.41, 5.74) is 9.48. The molecule has 4 N–H and O–H groups in total. The molecule has 196 valence electrons. The van der Waals surface area contributed by atoms with Crippen LogP contribution in [0.1, 0.15) is 23.1 Å². The number of nitrogens with zero attached hydrogens (tertiary/aromatic N) is 2. The van der Waals surface area contributed by atoms with E-state index in [1.54, 1.807) is 34.1 Å². The summed E-state index contributed by atoms with van der Waals surface area (Å²) >= 11 is 0. The van der Waals surface area contributed by atoms with Crippen LogP contribution in [-0.2, 0) is 27.2 Å². The molecule has 3 aromatic rings. The van der Waals surface area contributed by atoms with Crippen molar-refractivity contribution in [1.29, 1.82) is 5.41 Å². The molecule has 9 nitrogen and oxygen atoms in total. The van der Waals surface area contributed by atoms with E-state index in [1.165, 1.54) is 7.11 Å². The summed E-state index contributed by atoms with van der Waals surface area (Å²) < 4.78 is 4.91. The predicted molar refractivity (Wildman–Crippen MR) is 146 cm³/mol. The summed E-state index contributed by atoms with van der Waals surface area (Å²) in [7, 11) is 1.30. The highest BCUT2D eigenvalue weighted by atomic mass is 16.5. The molecule has 1 unspecified atom stereocenters. The quantitative estimate of drug-likeness (QED) is 0.218. The average molecular weight is 514 g/mol. The first-order valence-corrected chi connectivity index (χ1v) is 12.4. The van der Waals surface area contributed by atoms with Crippen molar-refractivity contribution in [2.24, 2.45) is 5.73 Å². The van der Waals surface area contributed by atoms with E-state index in [0.29, 0.717) is 25.1 Å². The molecule has 1 aliphatic heterocycles. The van der Waals surface area contributed by atoms with Crippen molar-refractivity contribution in [3.8, 4) is 0 Å². The van der Waals surface area contributed by atoms with Crippen molar-refractivity contribution in [2.45, 2.75) is 25.3 Å². The second-order valence-corrected chi connectivity index (χ2v) is 9.05. The number of hydrogen-bond acceptors (Lipinski definition) is 5. The number of esters is 1. The van der Waals surface area contributed by atoms with Gasteiger partial charge in [-0.05, 0) is 53.9 Å². The zero-order valence-electron chi connectivity index (χ0n) is 21.2. The molecule has 9 heteroatoms. The van der Waals surface area contributed by atoms with Gasteiger partial charge in [-0.3, -0.25) is 20.0 Å². The number of carbonyl (C=O) groups excluding carboxylic acids is 3. The van der Waals surface area contributed by atoms with Crippen LogP contribution in [0, 0.1) is 5.41 Å². The number of nitrogens with one attached hydrogen (secondary N) is 2. The first-order valence-electron chi connectivity index (χ1n) is 12.4. The van der Waals surface area contributed by atoms with Crippen molar-refractivity contribution in [2.75, 3.05) is 30.0 Å². The summed E-state index contributed by atoms with van der Waals surface area (Å²) in [5, 5.41) is 10.3. The normalized spacial score (nSPS) is 13.8. The van der Waals surface area contributed by atoms with Crippen molar-refractivity contribution in [3.05, 3.63) is 95.6 Å². The van der Waals surface area contributed by atoms with E-state index in [9.17, 15) is 14.4 Å². The monoisotopic (exact) mass is 513 g/mol. The van der Waals surface area contributed by atoms with Gasteiger partial charge < -0.3 is 15.8 Å². The molecule has 4 rings (SSSR count). The number of methoxy groups -OCH3 is 1. The fourth-order valence-corrected chi connectivity index (χ4v) is 4.39. The van der Waals surface area contributed by atoms with Gasteiger partial charge in [-0.1, -0.05) is 42.5 Å². The second-order valence-electron chi connectivity index (χ2n) is 9.05. The number of ether oxygens (including phenoxy) is 1. The Morgan fingerprint density at radius 3 is 2.05 bits per heavy atom. The van der Waals surface area contributed by atoms with Gasteiger partial charge in [0.25, 0.3) is 0 Å². The Morgan fingerprint density at radius 2 is 1.50 bits per heavy atom. The number of urea groups is 1. The number of nitrogens with two attached hydrogens (primary N) is 1. The van der Waals surface area contributed by atoms with Crippen LogP contribution in [0.2, 0.25) is 0 Å². The summed E-state index contributed by atoms with van der Waals surface area (Å²) in [6, 6.07) is 23.1. The molecule has 1 aliphatic rings. The van der Waals surface area contributed by atoms with E-state index in [-0.39, 0.29) is 30.6 Å². The number of rotatable bonds is 10. The van der Waals surface area contributed by atoms with Gasteiger partial charge in [-0.25, -0.2) is 9.59 Å². The number of carbonyl (C=O) groups is 3. The molecule has 1 saturated heterocycles. The SMILES string of the molecule is COC(=O)C(Cc1ccc(N2CCN(c3ccc(C(=N)N)cc3)C2=O)cc1)NC(=O)CCc1ccccc1. The minimum absolute atomic E-state index is 0.0211. The van der Waals surface area contributed by atoms with Gasteiger partial charge in [-0.2, -0.15) is 0 Å². The van der Waals surface area contributed by atoms with Crippen LogP contribution in [0.15, 0.2) is 78.9 Å². The molecule has 3 aromatic carbocycles. The Kier molecular flexibility index (Phi) is 8.37. The maximum absolute atomic E-state index is 13.1. The topological polar surface area (TPSA) is 129 Å². The maximum Gasteiger partial charge on any atom is 0.329 e. The first kappa shape index (κ1) is 26.4. The fraction of sp³-hybridized carbons (Fsp3) is 0.241. The first-order chi connectivity index (χ1) is 18.4. The van der Waals surface area contributed by atoms with Crippen LogP contribution in [0.25, 0.3) is 0 Å². The van der Waals surface area contributed by atoms with Crippen LogP contribution < -0.4 is 20.9 Å². The molecule has 0 aromatic heterocycles. The van der Waals surface area contributed by atoms with E-state index in [1.807, 2.05) is 54.6 Å². The van der Waals surface area contributed by atoms with E-state index in [0.717, 1.165) is 22.5 Å². The van der Waals surface area contributed by atoms with E-state index in [2.05, 4.69) is 5.32 Å². The summed E-state index contributed by atoms with van der Waals surface area (Å²) in [6.07, 6.45) is 1.12. The lowest BCUT2D eigenvalue weighted by molar-refractivity contribution is -0.145. The molecule has 0 aliphatic carbocycles. The maximum atomic E-state index is 13.1. The lowest BCUT2D eigenvalue weighted by atomic mass is 10.0. The number of anilines is 2. The molecular formula is C29H31N5O4. The van der Waals surface area contributed by atoms with Crippen LogP contribution >= 0.6 is 0 Å². The average Bonchev–Trinajstić information content (AvgIpc) is 3.33. The Morgan fingerprint density at radius 1 is 0.921 bits per heavy atom. The van der Waals surface area contributed by atoms with E-state index in [4.69, 9.17) is 15.9 Å². The minimum Gasteiger partial charge on any atom is -0.467 e. The lowest BCUT2D eigenvalue weighted by Crippen LogP contribution is -2.43. The molecule has 0 spiro atoms. The van der Waals surface area contributed by atoms with Crippen molar-refractivity contribution < 1.29 is 19.1 Å². The molecule has 3 amide bonds. The van der Waals surface area contributed by atoms with Crippen LogP contribution in [0.3, 0.4) is 0 Å². The molecule has 0 bridgehead atoms. The van der Waals surface area contributed by atoms with Gasteiger partial charge in [0.2, 0.25) is 5.91 Å². The van der Waals surface area contributed by atoms with Gasteiger partial charge in [0.15, 0.2) is 0 Å². The second kappa shape index (κ2) is 12.1. The Labute approximate surface area is 221 Å². The van der Waals surface area contributed by atoms with Crippen LogP contribution in [0.4, 0.5) is 16.2 Å². The van der Waals surface area contributed by atoms with Crippen molar-refractivity contribution in [3.63, 3.8) is 0 Å². The zero-order chi connectivity index (χ0) is 27.1. The van der Waals surface area contributed by atoms with E-state index < -0.39 is 12.0 Å². The smallest absolute Gasteiger partial charge is 0.329 e. The number of benzene rings is 3. The number of hydrogen-bond donors (Lipinski definition) is 3. The highest BCUT2D eigenvalue weighted by Gasteiger charge is 2.31. The molecule has 0 radical (unpaired) electrons. The van der Waals surface area contributed by atoms with Crippen molar-refractivity contribution in [1.82, 2.24) is 5.32 Å². The molecule has 1 fully saturated rings. The predicted octanol–water partition coefficient (Wildman–Crippen LogP) is 3.25. The number of aryl methyl sites for hydroxylation is 1. The van der Waals surface area contributed by atoms with Gasteiger partial charge in [0.1, 0.15) is 11.9 Å². The summed E-state index contributed by atoms with van der Waals surface area (Å²) in [4.78, 5) is 41.3. The van der Waals surface area contributed by atoms with Gasteiger partial charge in [0.05, 0.1) is 7.11 Å². The molecular weight excluding hydrogens is 482 g/mol. The fourth-order valence-electron chi connectivity index (χ4n) is 4.39. The Balaban J connectivity index is 1.37. The largest absolute Gasteiger partial charge is 0.467 e. The zero-order valence-corrected chi connectivity index (χ0v) is 21.2. The number of amidine groups is 1. The van der Waals surface area contributed by atoms with Gasteiger partial charge in [-0.15, -0.1) is 0 Å². The summed E-state index contributed by atoms with van der Waals surface area (Å²) in [6.45, 7) is 1.05. The highest BCUT2D eigenvalue weighted by molar-refractivity contribution is 6.06. The molecule has 38 heavy (non-hydrogen) atoms. The van der Waals surface area contributed by atoms with Gasteiger partial charge in [0, 0.05) is 42.9 Å². The lowest BCUT2D eigenvalue weighted by Gasteiger charge is -2.20. The highest BCUT2D eigenvalue weighted by Crippen LogP contribution is 2.26. The standard InChI is InChI=1S/C29H31N5O4/c1-38-28(36)25(32-26(35)16-9-20-5-3-2-4-6-20)19-21-7-12-23(13-8-21)33-17-18-34(29(33)37)24-14-10-22(11-15-24)27(30)31/h2-8,10-15,25H,9,16-19H2,1H3,(H3,30,31)(H,32,35). The van der Waals surface area contributed by atoms with Crippen molar-refractivity contribution >= 4 is 35.1 Å². The number of amides is 3. The Bertz CT molecular complexity index is 1290. The minimum atomic E-state index is -0.809. The molecule has 1 atom stereocenters. The van der Waals surface area contributed by atoms with E-state index >= 15 is 0 Å². The molecule has 1 heterocycles. The van der Waals surface area contributed by atoms with Crippen LogP contribution in [-0.4, -0.2) is 50.0 Å². The third-order valence-electron chi connectivity index (χ3n) is 6.49. The Hall–Kier alpha value is -4.66. The third kappa shape index (κ3) is 6.36. The number of nitrogen functional groups attached to an aromatic ring is 1. The molecule has 0 saturated carbocycles. The summed E-state index contributed by atoms with van der Waals surface area (Å²) in [5.74, 6) is -0.754. The third-order valence-corrected chi connectivity index (χ3v) is 6.49. The van der Waals surface area contributed by atoms with Crippen LogP contribution in [0.5, 0.6) is 0 Å². The van der Waals surface area contributed by atoms with Gasteiger partial charge >= 0.3 is 12.0 Å².